The number of anilines is 1. The van der Waals surface area contributed by atoms with E-state index in [0.29, 0.717) is 35.6 Å². The molecule has 1 amide bonds. The fourth-order valence-electron chi connectivity index (χ4n) is 5.59. The topological polar surface area (TPSA) is 92.9 Å². The Labute approximate surface area is 209 Å². The summed E-state index contributed by atoms with van der Waals surface area (Å²) in [6.07, 6.45) is 4.69. The maximum atomic E-state index is 13.7. The number of fused-ring (bicyclic) bond motifs is 5. The highest BCUT2D eigenvalue weighted by Crippen LogP contribution is 2.26. The summed E-state index contributed by atoms with van der Waals surface area (Å²) in [6, 6.07) is 11.5. The Balaban J connectivity index is 1.44. The van der Waals surface area contributed by atoms with Crippen LogP contribution in [0.4, 0.5) is 5.82 Å². The molecule has 1 aromatic carbocycles. The van der Waals surface area contributed by atoms with Gasteiger partial charge in [0.1, 0.15) is 17.0 Å². The van der Waals surface area contributed by atoms with Crippen molar-refractivity contribution in [2.24, 2.45) is 7.05 Å². The third-order valence-electron chi connectivity index (χ3n) is 7.47. The van der Waals surface area contributed by atoms with Crippen LogP contribution in [0.25, 0.3) is 27.7 Å². The van der Waals surface area contributed by atoms with Crippen molar-refractivity contribution in [2.75, 3.05) is 44.6 Å². The van der Waals surface area contributed by atoms with E-state index in [1.54, 1.807) is 6.07 Å². The average molecular weight is 489 g/mol. The number of rotatable bonds is 7. The molecule has 6 rings (SSSR count). The van der Waals surface area contributed by atoms with Gasteiger partial charge in [0, 0.05) is 33.3 Å². The number of aryl methyl sites for hydroxylation is 1. The first kappa shape index (κ1) is 23.0. The lowest BCUT2D eigenvalue weighted by molar-refractivity contribution is 0.0950. The largest absolute Gasteiger partial charge is 0.376 e. The molecule has 9 nitrogen and oxygen atoms in total. The zero-order valence-electron chi connectivity index (χ0n) is 20.6. The highest BCUT2D eigenvalue weighted by Gasteiger charge is 2.24. The molecule has 2 N–H and O–H groups in total. The van der Waals surface area contributed by atoms with Crippen LogP contribution in [0.15, 0.2) is 41.2 Å². The number of nitrogens with one attached hydrogen (secondary N) is 2. The van der Waals surface area contributed by atoms with Crippen LogP contribution in [0.2, 0.25) is 0 Å². The average Bonchev–Trinajstić information content (AvgIpc) is 3.65. The van der Waals surface area contributed by atoms with Crippen molar-refractivity contribution in [3.05, 3.63) is 52.2 Å². The molecule has 5 heterocycles. The first-order valence-corrected chi connectivity index (χ1v) is 12.9. The molecule has 0 aliphatic carbocycles. The van der Waals surface area contributed by atoms with E-state index in [1.807, 2.05) is 46.3 Å². The molecule has 0 unspecified atom stereocenters. The highest BCUT2D eigenvalue weighted by molar-refractivity contribution is 6.05. The zero-order chi connectivity index (χ0) is 24.6. The van der Waals surface area contributed by atoms with Crippen molar-refractivity contribution in [3.8, 4) is 0 Å². The SMILES string of the molecule is Cn1c2ccccc2n2c3nc(NC[C@H]4CCCO4)ccc3c(=O)c(C(=O)NCCN3CCCC3)c12. The minimum Gasteiger partial charge on any atom is -0.376 e. The Hall–Kier alpha value is -3.43. The maximum absolute atomic E-state index is 13.7. The monoisotopic (exact) mass is 488 g/mol. The van der Waals surface area contributed by atoms with E-state index in [9.17, 15) is 9.59 Å². The Kier molecular flexibility index (Phi) is 6.10. The Morgan fingerprint density at radius 1 is 1.11 bits per heavy atom. The summed E-state index contributed by atoms with van der Waals surface area (Å²) in [7, 11) is 1.89. The summed E-state index contributed by atoms with van der Waals surface area (Å²) in [6.45, 7) is 4.90. The van der Waals surface area contributed by atoms with Crippen LogP contribution in [0.5, 0.6) is 0 Å². The lowest BCUT2D eigenvalue weighted by atomic mass is 10.1. The quantitative estimate of drug-likeness (QED) is 0.416. The first-order chi connectivity index (χ1) is 17.6. The van der Waals surface area contributed by atoms with Crippen molar-refractivity contribution < 1.29 is 9.53 Å². The van der Waals surface area contributed by atoms with Gasteiger partial charge in [0.25, 0.3) is 5.91 Å². The van der Waals surface area contributed by atoms with E-state index in [2.05, 4.69) is 15.5 Å². The molecule has 0 spiro atoms. The summed E-state index contributed by atoms with van der Waals surface area (Å²) >= 11 is 0. The number of pyridine rings is 2. The number of imidazole rings is 1. The third kappa shape index (κ3) is 4.02. The summed E-state index contributed by atoms with van der Waals surface area (Å²) in [5.74, 6) is 0.340. The molecular weight excluding hydrogens is 456 g/mol. The van der Waals surface area contributed by atoms with Crippen molar-refractivity contribution in [3.63, 3.8) is 0 Å². The molecule has 3 aromatic heterocycles. The number of ether oxygens (including phenoxy) is 1. The van der Waals surface area contributed by atoms with E-state index < -0.39 is 0 Å². The molecule has 1 atom stereocenters. The fourth-order valence-corrected chi connectivity index (χ4v) is 5.59. The second-order valence-electron chi connectivity index (χ2n) is 9.80. The predicted molar refractivity (Wildman–Crippen MR) is 141 cm³/mol. The van der Waals surface area contributed by atoms with Crippen molar-refractivity contribution >= 4 is 39.4 Å². The van der Waals surface area contributed by atoms with Gasteiger partial charge in [-0.3, -0.25) is 14.0 Å². The molecule has 2 saturated heterocycles. The van der Waals surface area contributed by atoms with Gasteiger partial charge in [-0.05, 0) is 63.0 Å². The van der Waals surface area contributed by atoms with Gasteiger partial charge in [0.05, 0.1) is 22.5 Å². The predicted octanol–water partition coefficient (Wildman–Crippen LogP) is 2.76. The summed E-state index contributed by atoms with van der Waals surface area (Å²) in [5, 5.41) is 6.80. The second kappa shape index (κ2) is 9.55. The highest BCUT2D eigenvalue weighted by atomic mass is 16.5. The van der Waals surface area contributed by atoms with Crippen molar-refractivity contribution in [2.45, 2.75) is 31.8 Å². The lowest BCUT2D eigenvalue weighted by Gasteiger charge is -2.15. The minimum atomic E-state index is -0.343. The van der Waals surface area contributed by atoms with Crippen molar-refractivity contribution in [1.29, 1.82) is 0 Å². The zero-order valence-corrected chi connectivity index (χ0v) is 20.6. The first-order valence-electron chi connectivity index (χ1n) is 12.9. The Morgan fingerprint density at radius 2 is 1.92 bits per heavy atom. The van der Waals surface area contributed by atoms with Gasteiger partial charge >= 0.3 is 0 Å². The van der Waals surface area contributed by atoms with Gasteiger partial charge in [-0.1, -0.05) is 12.1 Å². The number of carbonyl (C=O) groups is 1. The van der Waals surface area contributed by atoms with Crippen LogP contribution in [0.3, 0.4) is 0 Å². The lowest BCUT2D eigenvalue weighted by Crippen LogP contribution is -2.36. The normalized spacial score (nSPS) is 18.5. The van der Waals surface area contributed by atoms with Gasteiger partial charge in [-0.2, -0.15) is 0 Å². The van der Waals surface area contributed by atoms with Gasteiger partial charge in [0.15, 0.2) is 5.65 Å². The second-order valence-corrected chi connectivity index (χ2v) is 9.80. The number of carbonyl (C=O) groups excluding carboxylic acids is 1. The molecule has 0 radical (unpaired) electrons. The van der Waals surface area contributed by atoms with Crippen molar-refractivity contribution in [1.82, 2.24) is 24.2 Å². The molecule has 2 aliphatic heterocycles. The molecule has 4 aromatic rings. The number of nitrogens with zero attached hydrogens (tertiary/aromatic N) is 4. The van der Waals surface area contributed by atoms with Crippen LogP contribution >= 0.6 is 0 Å². The van der Waals surface area contributed by atoms with E-state index in [-0.39, 0.29) is 23.0 Å². The number of aromatic nitrogens is 3. The number of hydrogen-bond donors (Lipinski definition) is 2. The van der Waals surface area contributed by atoms with Crippen LogP contribution in [-0.4, -0.2) is 70.2 Å². The van der Waals surface area contributed by atoms with E-state index in [0.717, 1.165) is 50.1 Å². The van der Waals surface area contributed by atoms with Gasteiger partial charge in [0.2, 0.25) is 5.43 Å². The van der Waals surface area contributed by atoms with Crippen LogP contribution in [0, 0.1) is 0 Å². The molecule has 2 aliphatic rings. The summed E-state index contributed by atoms with van der Waals surface area (Å²) in [5.41, 5.74) is 2.77. The summed E-state index contributed by atoms with van der Waals surface area (Å²) < 4.78 is 9.58. The Morgan fingerprint density at radius 3 is 2.69 bits per heavy atom. The number of amides is 1. The molecule has 9 heteroatoms. The van der Waals surface area contributed by atoms with Gasteiger partial charge in [-0.25, -0.2) is 4.98 Å². The smallest absolute Gasteiger partial charge is 0.259 e. The molecule has 2 fully saturated rings. The van der Waals surface area contributed by atoms with Gasteiger partial charge in [-0.15, -0.1) is 0 Å². The van der Waals surface area contributed by atoms with Crippen LogP contribution in [0.1, 0.15) is 36.0 Å². The molecule has 0 bridgehead atoms. The maximum Gasteiger partial charge on any atom is 0.259 e. The number of hydrogen-bond acceptors (Lipinski definition) is 6. The van der Waals surface area contributed by atoms with E-state index in [1.165, 1.54) is 12.8 Å². The van der Waals surface area contributed by atoms with E-state index in [4.69, 9.17) is 9.72 Å². The van der Waals surface area contributed by atoms with E-state index >= 15 is 0 Å². The van der Waals surface area contributed by atoms with Gasteiger partial charge < -0.3 is 24.8 Å². The Bertz CT molecular complexity index is 1490. The molecular formula is C27H32N6O3. The summed E-state index contributed by atoms with van der Waals surface area (Å²) in [4.78, 5) is 34.4. The molecule has 188 valence electrons. The number of benzene rings is 1. The minimum absolute atomic E-state index is 0.157. The fraction of sp³-hybridized carbons (Fsp3) is 0.444. The third-order valence-corrected chi connectivity index (χ3v) is 7.47. The molecule has 36 heavy (non-hydrogen) atoms. The molecule has 0 saturated carbocycles. The number of likely N-dealkylation sites (tertiary alicyclic amines) is 1. The van der Waals surface area contributed by atoms with Crippen LogP contribution in [-0.2, 0) is 11.8 Å². The van der Waals surface area contributed by atoms with Crippen LogP contribution < -0.4 is 16.1 Å². The number of para-hydroxylation sites is 2. The standard InChI is InChI=1S/C27H32N6O3/c1-31-20-8-2-3-9-21(20)33-25-19(10-11-22(30-25)29-17-18-7-6-16-36-18)24(34)23(27(31)33)26(35)28-12-15-32-13-4-5-14-32/h2-3,8-11,18H,4-7,12-17H2,1H3,(H,28,35)(H,29,30)/t18-/m1/s1.